The molecule has 2 aromatic rings. The molecule has 2 rings (SSSR count). The predicted octanol–water partition coefficient (Wildman–Crippen LogP) is 4.27. The number of hydrogen-bond acceptors (Lipinski definition) is 2. The lowest BCUT2D eigenvalue weighted by Crippen LogP contribution is -2.18. The van der Waals surface area contributed by atoms with Gasteiger partial charge in [0.15, 0.2) is 0 Å². The Labute approximate surface area is 129 Å². The van der Waals surface area contributed by atoms with Gasteiger partial charge in [0.25, 0.3) is 0 Å². The van der Waals surface area contributed by atoms with Crippen molar-refractivity contribution in [1.29, 1.82) is 0 Å². The predicted molar refractivity (Wildman–Crippen MR) is 87.4 cm³/mol. The van der Waals surface area contributed by atoms with Crippen LogP contribution < -0.4 is 10.1 Å². The fourth-order valence-corrected chi connectivity index (χ4v) is 2.61. The first-order valence-corrected chi connectivity index (χ1v) is 7.49. The summed E-state index contributed by atoms with van der Waals surface area (Å²) in [5.41, 5.74) is 3.84. The molecule has 2 nitrogen and oxygen atoms in total. The van der Waals surface area contributed by atoms with Crippen LogP contribution in [-0.4, -0.2) is 14.2 Å². The van der Waals surface area contributed by atoms with Crippen molar-refractivity contribution in [3.63, 3.8) is 0 Å². The van der Waals surface area contributed by atoms with Crippen LogP contribution in [0.4, 0.5) is 0 Å². The third kappa shape index (κ3) is 3.62. The Morgan fingerprint density at radius 1 is 1.15 bits per heavy atom. The quantitative estimate of drug-likeness (QED) is 0.882. The Morgan fingerprint density at radius 2 is 1.85 bits per heavy atom. The molecule has 0 heterocycles. The van der Waals surface area contributed by atoms with E-state index in [1.165, 1.54) is 16.7 Å². The van der Waals surface area contributed by atoms with Gasteiger partial charge in [-0.3, -0.25) is 0 Å². The van der Waals surface area contributed by atoms with Gasteiger partial charge in [-0.1, -0.05) is 40.2 Å². The zero-order valence-corrected chi connectivity index (χ0v) is 13.7. The van der Waals surface area contributed by atoms with Crippen LogP contribution >= 0.6 is 15.9 Å². The highest BCUT2D eigenvalue weighted by molar-refractivity contribution is 9.10. The van der Waals surface area contributed by atoms with E-state index in [1.54, 1.807) is 7.11 Å². The summed E-state index contributed by atoms with van der Waals surface area (Å²) in [6.07, 6.45) is 0.954. The Hall–Kier alpha value is -1.32. The topological polar surface area (TPSA) is 21.3 Å². The van der Waals surface area contributed by atoms with Crippen molar-refractivity contribution in [2.45, 2.75) is 19.4 Å². The number of benzene rings is 2. The lowest BCUT2D eigenvalue weighted by Gasteiger charge is -2.18. The van der Waals surface area contributed by atoms with E-state index < -0.39 is 0 Å². The Balaban J connectivity index is 2.16. The van der Waals surface area contributed by atoms with Crippen LogP contribution in [0.5, 0.6) is 5.75 Å². The molecule has 1 N–H and O–H groups in total. The number of aryl methyl sites for hydroxylation is 1. The number of nitrogens with one attached hydrogen (secondary N) is 1. The second-order valence-corrected chi connectivity index (χ2v) is 5.76. The minimum absolute atomic E-state index is 0.306. The third-order valence-electron chi connectivity index (χ3n) is 3.55. The molecule has 3 heteroatoms. The number of ether oxygens (including phenoxy) is 1. The summed E-state index contributed by atoms with van der Waals surface area (Å²) in [6, 6.07) is 15.1. The summed E-state index contributed by atoms with van der Waals surface area (Å²) >= 11 is 3.60. The van der Waals surface area contributed by atoms with E-state index in [1.807, 2.05) is 19.2 Å². The standard InChI is InChI=1S/C17H20BrNO/c1-12-4-7-14(11-16(12)18)17(19-2)10-13-5-8-15(20-3)9-6-13/h4-9,11,17,19H,10H2,1-3H3. The van der Waals surface area contributed by atoms with Crippen molar-refractivity contribution in [2.24, 2.45) is 0 Å². The fraction of sp³-hybridized carbons (Fsp3) is 0.294. The molecule has 0 saturated carbocycles. The molecule has 0 aliphatic rings. The van der Waals surface area contributed by atoms with Gasteiger partial charge in [0.1, 0.15) is 5.75 Å². The van der Waals surface area contributed by atoms with Gasteiger partial charge < -0.3 is 10.1 Å². The van der Waals surface area contributed by atoms with Gasteiger partial charge in [-0.2, -0.15) is 0 Å². The minimum Gasteiger partial charge on any atom is -0.497 e. The van der Waals surface area contributed by atoms with Crippen molar-refractivity contribution >= 4 is 15.9 Å². The van der Waals surface area contributed by atoms with Crippen molar-refractivity contribution in [1.82, 2.24) is 5.32 Å². The van der Waals surface area contributed by atoms with Crippen molar-refractivity contribution < 1.29 is 4.74 Å². The van der Waals surface area contributed by atoms with Crippen LogP contribution in [-0.2, 0) is 6.42 Å². The van der Waals surface area contributed by atoms with Crippen LogP contribution in [0.1, 0.15) is 22.7 Å². The zero-order chi connectivity index (χ0) is 14.5. The van der Waals surface area contributed by atoms with E-state index in [0.717, 1.165) is 16.6 Å². The summed E-state index contributed by atoms with van der Waals surface area (Å²) in [4.78, 5) is 0. The molecule has 0 spiro atoms. The zero-order valence-electron chi connectivity index (χ0n) is 12.1. The number of likely N-dealkylation sites (N-methyl/N-ethyl adjacent to an activating group) is 1. The second-order valence-electron chi connectivity index (χ2n) is 4.90. The van der Waals surface area contributed by atoms with Crippen LogP contribution in [0.3, 0.4) is 0 Å². The maximum absolute atomic E-state index is 5.19. The van der Waals surface area contributed by atoms with Crippen molar-refractivity contribution in [3.05, 3.63) is 63.6 Å². The highest BCUT2D eigenvalue weighted by atomic mass is 79.9. The molecule has 0 bridgehead atoms. The van der Waals surface area contributed by atoms with Crippen LogP contribution in [0, 0.1) is 6.92 Å². The Kier molecular flexibility index (Phi) is 5.21. The van der Waals surface area contributed by atoms with Gasteiger partial charge >= 0.3 is 0 Å². The second kappa shape index (κ2) is 6.91. The van der Waals surface area contributed by atoms with E-state index in [2.05, 4.69) is 58.5 Å². The highest BCUT2D eigenvalue weighted by Crippen LogP contribution is 2.24. The smallest absolute Gasteiger partial charge is 0.118 e. The number of halogens is 1. The SMILES string of the molecule is CNC(Cc1ccc(OC)cc1)c1ccc(C)c(Br)c1. The molecule has 0 amide bonds. The summed E-state index contributed by atoms with van der Waals surface area (Å²) in [5, 5.41) is 3.39. The molecule has 0 aliphatic carbocycles. The van der Waals surface area contributed by atoms with Gasteiger partial charge in [0.2, 0.25) is 0 Å². The molecule has 0 aromatic heterocycles. The lowest BCUT2D eigenvalue weighted by molar-refractivity contribution is 0.414. The molecule has 0 saturated heterocycles. The highest BCUT2D eigenvalue weighted by Gasteiger charge is 2.11. The minimum atomic E-state index is 0.306. The molecule has 106 valence electrons. The van der Waals surface area contributed by atoms with Crippen LogP contribution in [0.25, 0.3) is 0 Å². The first-order chi connectivity index (χ1) is 9.63. The van der Waals surface area contributed by atoms with Crippen LogP contribution in [0.15, 0.2) is 46.9 Å². The van der Waals surface area contributed by atoms with Crippen molar-refractivity contribution in [3.8, 4) is 5.75 Å². The molecule has 1 unspecified atom stereocenters. The molecule has 20 heavy (non-hydrogen) atoms. The maximum atomic E-state index is 5.19. The average molecular weight is 334 g/mol. The summed E-state index contributed by atoms with van der Waals surface area (Å²) in [6.45, 7) is 2.10. The Morgan fingerprint density at radius 3 is 2.40 bits per heavy atom. The Bertz CT molecular complexity index is 566. The fourth-order valence-electron chi connectivity index (χ4n) is 2.21. The van der Waals surface area contributed by atoms with E-state index in [-0.39, 0.29) is 0 Å². The van der Waals surface area contributed by atoms with Gasteiger partial charge in [-0.25, -0.2) is 0 Å². The molecular formula is C17H20BrNO. The lowest BCUT2D eigenvalue weighted by atomic mass is 9.98. The van der Waals surface area contributed by atoms with Crippen molar-refractivity contribution in [2.75, 3.05) is 14.2 Å². The van der Waals surface area contributed by atoms with E-state index in [0.29, 0.717) is 6.04 Å². The summed E-state index contributed by atoms with van der Waals surface area (Å²) < 4.78 is 6.35. The molecule has 0 fully saturated rings. The van der Waals surface area contributed by atoms with Gasteiger partial charge in [-0.05, 0) is 55.3 Å². The number of methoxy groups -OCH3 is 1. The van der Waals surface area contributed by atoms with Gasteiger partial charge in [0.05, 0.1) is 7.11 Å². The summed E-state index contributed by atoms with van der Waals surface area (Å²) in [5.74, 6) is 0.896. The molecule has 0 radical (unpaired) electrons. The third-order valence-corrected chi connectivity index (χ3v) is 4.40. The molecule has 1 atom stereocenters. The number of rotatable bonds is 5. The monoisotopic (exact) mass is 333 g/mol. The summed E-state index contributed by atoms with van der Waals surface area (Å²) in [7, 11) is 3.69. The van der Waals surface area contributed by atoms with E-state index in [9.17, 15) is 0 Å². The normalized spacial score (nSPS) is 12.2. The van der Waals surface area contributed by atoms with Gasteiger partial charge in [0, 0.05) is 10.5 Å². The maximum Gasteiger partial charge on any atom is 0.118 e. The first-order valence-electron chi connectivity index (χ1n) is 6.70. The van der Waals surface area contributed by atoms with Crippen LogP contribution in [0.2, 0.25) is 0 Å². The number of hydrogen-bond donors (Lipinski definition) is 1. The average Bonchev–Trinajstić information content (AvgIpc) is 2.48. The molecule has 2 aromatic carbocycles. The van der Waals surface area contributed by atoms with Gasteiger partial charge in [-0.15, -0.1) is 0 Å². The largest absolute Gasteiger partial charge is 0.497 e. The van der Waals surface area contributed by atoms with E-state index >= 15 is 0 Å². The molecular weight excluding hydrogens is 314 g/mol. The van der Waals surface area contributed by atoms with E-state index in [4.69, 9.17) is 4.74 Å². The first kappa shape index (κ1) is 15.1. The molecule has 0 aliphatic heterocycles.